The molecule has 14 heavy (non-hydrogen) atoms. The molecule has 0 unspecified atom stereocenters. The van der Waals surface area contributed by atoms with E-state index in [1.54, 1.807) is 0 Å². The minimum absolute atomic E-state index is 0.659. The maximum absolute atomic E-state index is 8.90. The Labute approximate surface area is 82.7 Å². The molecule has 0 radical (unpaired) electrons. The van der Waals surface area contributed by atoms with Crippen LogP contribution in [0.2, 0.25) is 0 Å². The summed E-state index contributed by atoms with van der Waals surface area (Å²) in [6, 6.07) is 10.5. The number of hydrogen-bond acceptors (Lipinski definition) is 3. The molecule has 0 fully saturated rings. The van der Waals surface area contributed by atoms with Gasteiger partial charge in [-0.3, -0.25) is 4.89 Å². The lowest BCUT2D eigenvalue weighted by atomic mass is 10.0. The van der Waals surface area contributed by atoms with Crippen molar-refractivity contribution in [2.45, 2.75) is 19.8 Å². The van der Waals surface area contributed by atoms with Crippen LogP contribution in [0, 0.1) is 0 Å². The van der Waals surface area contributed by atoms with E-state index >= 15 is 0 Å². The average molecular weight is 198 g/mol. The summed E-state index contributed by atoms with van der Waals surface area (Å²) in [5.41, 5.74) is 1.41. The van der Waals surface area contributed by atoms with Gasteiger partial charge >= 0.3 is 6.16 Å². The van der Waals surface area contributed by atoms with Gasteiger partial charge < -0.3 is 5.11 Å². The number of benzene rings is 1. The summed E-state index contributed by atoms with van der Waals surface area (Å²) >= 11 is 0. The highest BCUT2D eigenvalue weighted by Gasteiger charge is 1.93. The molecule has 4 heteroatoms. The number of carbonyl (C=O) groups is 1. The van der Waals surface area contributed by atoms with Crippen molar-refractivity contribution < 1.29 is 20.0 Å². The number of rotatable bonds is 1. The largest absolute Gasteiger partial charge is 0.537 e. The topological polar surface area (TPSA) is 66.8 Å². The summed E-state index contributed by atoms with van der Waals surface area (Å²) < 4.78 is 0. The zero-order valence-electron chi connectivity index (χ0n) is 8.18. The third-order valence-corrected chi connectivity index (χ3v) is 1.54. The zero-order chi connectivity index (χ0) is 11.0. The first-order valence-corrected chi connectivity index (χ1v) is 4.17. The van der Waals surface area contributed by atoms with Gasteiger partial charge in [0.25, 0.3) is 0 Å². The molecule has 0 aliphatic carbocycles. The number of hydrogen-bond donors (Lipinski definition) is 2. The van der Waals surface area contributed by atoms with Crippen molar-refractivity contribution in [3.8, 4) is 0 Å². The first-order chi connectivity index (χ1) is 6.57. The second kappa shape index (κ2) is 6.91. The molecule has 0 amide bonds. The van der Waals surface area contributed by atoms with Crippen LogP contribution in [0.3, 0.4) is 0 Å². The number of carboxylic acid groups (broad SMARTS) is 1. The van der Waals surface area contributed by atoms with E-state index in [0.717, 1.165) is 0 Å². The summed E-state index contributed by atoms with van der Waals surface area (Å²) in [4.78, 5) is 11.6. The van der Waals surface area contributed by atoms with E-state index in [1.807, 2.05) is 6.07 Å². The third kappa shape index (κ3) is 6.02. The second-order valence-electron chi connectivity index (χ2n) is 2.92. The van der Waals surface area contributed by atoms with Crippen LogP contribution >= 0.6 is 0 Å². The molecule has 0 aromatic heterocycles. The van der Waals surface area contributed by atoms with Crippen LogP contribution in [-0.4, -0.2) is 16.5 Å². The van der Waals surface area contributed by atoms with Crippen molar-refractivity contribution in [2.24, 2.45) is 0 Å². The maximum Gasteiger partial charge on any atom is 0.537 e. The standard InChI is InChI=1S/C9H12.CH2O4/c1-8(2)9-6-4-3-5-7-9;2-1(3)5-4/h3-8H,1-2H3;4H,(H,2,3). The smallest absolute Gasteiger partial charge is 0.448 e. The van der Waals surface area contributed by atoms with Crippen molar-refractivity contribution in [3.05, 3.63) is 35.9 Å². The lowest BCUT2D eigenvalue weighted by Gasteiger charge is -2.01. The molecule has 0 saturated heterocycles. The Morgan fingerprint density at radius 3 is 1.93 bits per heavy atom. The van der Waals surface area contributed by atoms with Crippen LogP contribution in [0.15, 0.2) is 30.3 Å². The van der Waals surface area contributed by atoms with E-state index in [9.17, 15) is 0 Å². The van der Waals surface area contributed by atoms with Gasteiger partial charge in [0.1, 0.15) is 0 Å². The molecule has 0 aliphatic heterocycles. The molecule has 1 rings (SSSR count). The Kier molecular flexibility index (Phi) is 6.15. The summed E-state index contributed by atoms with van der Waals surface area (Å²) in [7, 11) is 0. The minimum Gasteiger partial charge on any atom is -0.448 e. The van der Waals surface area contributed by atoms with E-state index in [-0.39, 0.29) is 0 Å². The molecule has 0 spiro atoms. The summed E-state index contributed by atoms with van der Waals surface area (Å²) in [5, 5.41) is 14.3. The van der Waals surface area contributed by atoms with Gasteiger partial charge in [0.2, 0.25) is 0 Å². The van der Waals surface area contributed by atoms with Crippen molar-refractivity contribution >= 4 is 6.16 Å². The summed E-state index contributed by atoms with van der Waals surface area (Å²) in [6.07, 6.45) is -1.69. The fourth-order valence-corrected chi connectivity index (χ4v) is 0.838. The fourth-order valence-electron chi connectivity index (χ4n) is 0.838. The van der Waals surface area contributed by atoms with Crippen LogP contribution in [0.1, 0.15) is 25.3 Å². The molecule has 0 atom stereocenters. The van der Waals surface area contributed by atoms with E-state index in [4.69, 9.17) is 15.2 Å². The van der Waals surface area contributed by atoms with Crippen LogP contribution in [0.25, 0.3) is 0 Å². The van der Waals surface area contributed by atoms with Crippen LogP contribution in [-0.2, 0) is 4.89 Å². The highest BCUT2D eigenvalue weighted by Crippen LogP contribution is 2.11. The van der Waals surface area contributed by atoms with Crippen molar-refractivity contribution in [1.82, 2.24) is 0 Å². The van der Waals surface area contributed by atoms with E-state index < -0.39 is 6.16 Å². The van der Waals surface area contributed by atoms with Gasteiger partial charge in [0, 0.05) is 0 Å². The van der Waals surface area contributed by atoms with Crippen LogP contribution in [0.4, 0.5) is 4.79 Å². The molecule has 1 aromatic carbocycles. The molecular weight excluding hydrogens is 184 g/mol. The Morgan fingerprint density at radius 2 is 1.71 bits per heavy atom. The monoisotopic (exact) mass is 198 g/mol. The SMILES string of the molecule is CC(C)c1ccccc1.O=C(O)OO. The second-order valence-corrected chi connectivity index (χ2v) is 2.92. The molecule has 2 N–H and O–H groups in total. The molecule has 0 heterocycles. The summed E-state index contributed by atoms with van der Waals surface area (Å²) in [6.45, 7) is 4.41. The lowest BCUT2D eigenvalue weighted by Crippen LogP contribution is -1.91. The van der Waals surface area contributed by atoms with Crippen LogP contribution < -0.4 is 0 Å². The summed E-state index contributed by atoms with van der Waals surface area (Å²) in [5.74, 6) is 0.659. The van der Waals surface area contributed by atoms with Gasteiger partial charge in [0.05, 0.1) is 0 Å². The van der Waals surface area contributed by atoms with Crippen molar-refractivity contribution in [3.63, 3.8) is 0 Å². The Hall–Kier alpha value is -1.55. The average Bonchev–Trinajstić information content (AvgIpc) is 2.20. The molecule has 78 valence electrons. The molecule has 4 nitrogen and oxygen atoms in total. The van der Waals surface area contributed by atoms with E-state index in [2.05, 4.69) is 43.0 Å². The molecular formula is C10H14O4. The first kappa shape index (κ1) is 12.4. The van der Waals surface area contributed by atoms with Gasteiger partial charge in [-0.1, -0.05) is 44.2 Å². The quantitative estimate of drug-likeness (QED) is 0.537. The van der Waals surface area contributed by atoms with E-state index in [0.29, 0.717) is 5.92 Å². The Balaban J connectivity index is 0.000000292. The highest BCUT2D eigenvalue weighted by molar-refractivity contribution is 5.55. The van der Waals surface area contributed by atoms with E-state index in [1.165, 1.54) is 5.56 Å². The lowest BCUT2D eigenvalue weighted by molar-refractivity contribution is -0.194. The molecule has 1 aromatic rings. The maximum atomic E-state index is 8.90. The predicted octanol–water partition coefficient (Wildman–Crippen LogP) is 2.96. The molecule has 0 aliphatic rings. The minimum atomic E-state index is -1.69. The predicted molar refractivity (Wildman–Crippen MR) is 52.3 cm³/mol. The Bertz CT molecular complexity index is 256. The highest BCUT2D eigenvalue weighted by atomic mass is 17.1. The van der Waals surface area contributed by atoms with Gasteiger partial charge in [-0.05, 0) is 11.5 Å². The third-order valence-electron chi connectivity index (χ3n) is 1.54. The fraction of sp³-hybridized carbons (Fsp3) is 0.300. The molecule has 0 bridgehead atoms. The molecule has 0 saturated carbocycles. The van der Waals surface area contributed by atoms with Gasteiger partial charge in [0.15, 0.2) is 0 Å². The van der Waals surface area contributed by atoms with Crippen molar-refractivity contribution in [2.75, 3.05) is 0 Å². The first-order valence-electron chi connectivity index (χ1n) is 4.17. The normalized spacial score (nSPS) is 8.86. The van der Waals surface area contributed by atoms with Crippen LogP contribution in [0.5, 0.6) is 0 Å². The van der Waals surface area contributed by atoms with Gasteiger partial charge in [-0.15, -0.1) is 0 Å². The van der Waals surface area contributed by atoms with Gasteiger partial charge in [-0.25, -0.2) is 4.79 Å². The van der Waals surface area contributed by atoms with Crippen molar-refractivity contribution in [1.29, 1.82) is 0 Å². The zero-order valence-corrected chi connectivity index (χ0v) is 8.18. The van der Waals surface area contributed by atoms with Gasteiger partial charge in [-0.2, -0.15) is 5.26 Å². The Morgan fingerprint density at radius 1 is 1.29 bits per heavy atom.